The van der Waals surface area contributed by atoms with Gasteiger partial charge in [-0.15, -0.1) is 0 Å². The van der Waals surface area contributed by atoms with Crippen molar-refractivity contribution in [1.82, 2.24) is 24.3 Å². The largest absolute Gasteiger partial charge is 0.354 e. The molecule has 2 heterocycles. The Labute approximate surface area is 223 Å². The summed E-state index contributed by atoms with van der Waals surface area (Å²) in [6, 6.07) is 9.95. The number of hydrogen-bond acceptors (Lipinski definition) is 7. The van der Waals surface area contributed by atoms with E-state index in [0.29, 0.717) is 44.0 Å². The molecular weight excluding hydrogens is 484 g/mol. The zero-order chi connectivity index (χ0) is 27.4. The van der Waals surface area contributed by atoms with Gasteiger partial charge in [-0.25, -0.2) is 9.59 Å². The Kier molecular flexibility index (Phi) is 8.49. The van der Waals surface area contributed by atoms with Crippen molar-refractivity contribution in [3.8, 4) is 5.69 Å². The van der Waals surface area contributed by atoms with Crippen LogP contribution in [0.5, 0.6) is 0 Å². The highest BCUT2D eigenvalue weighted by Gasteiger charge is 2.31. The summed E-state index contributed by atoms with van der Waals surface area (Å²) in [4.78, 5) is 47.6. The van der Waals surface area contributed by atoms with E-state index in [0.717, 1.165) is 32.4 Å². The molecule has 4 rings (SSSR count). The fourth-order valence-electron chi connectivity index (χ4n) is 5.20. The minimum absolute atomic E-state index is 0.142. The van der Waals surface area contributed by atoms with E-state index < -0.39 is 11.2 Å². The van der Waals surface area contributed by atoms with Crippen LogP contribution in [-0.4, -0.2) is 86.5 Å². The Hall–Kier alpha value is -3.28. The summed E-state index contributed by atoms with van der Waals surface area (Å²) in [5.74, 6) is 0.0416. The molecule has 5 N–H and O–H groups in total. The molecule has 1 unspecified atom stereocenters. The smallest absolute Gasteiger partial charge is 0.338 e. The van der Waals surface area contributed by atoms with Crippen LogP contribution in [-0.2, 0) is 11.3 Å². The number of nitrogens with two attached hydrogens (primary N) is 2. The highest BCUT2D eigenvalue weighted by Crippen LogP contribution is 2.24. The lowest BCUT2D eigenvalue weighted by Crippen LogP contribution is -2.58. The number of rotatable bonds is 7. The van der Waals surface area contributed by atoms with E-state index >= 15 is 0 Å². The lowest BCUT2D eigenvalue weighted by atomic mass is 10.1. The SMILES string of the molecule is CCN(Cc1ccc(-n2ccc(NC(=O)N3CCN(C(=O)C(C)(C)N)CC3)nc2=O)cc1)C1CC[C@@H](N)C1. The fraction of sp³-hybridized carbons (Fsp3) is 0.556. The molecule has 1 aromatic heterocycles. The standard InChI is InChI=1S/C27H40N8O3/c1-4-32(22-10-7-20(28)17-22)18-19-5-8-21(9-6-19)35-12-11-23(31-26(35)38)30-25(37)34-15-13-33(14-16-34)24(36)27(2,3)29/h5-6,8-9,11-12,20,22H,4,7,10,13-18,28-29H2,1-3H3,(H,30,31,37,38)/t20-,22?/m1/s1. The topological polar surface area (TPSA) is 143 Å². The minimum Gasteiger partial charge on any atom is -0.338 e. The number of benzene rings is 1. The van der Waals surface area contributed by atoms with Crippen LogP contribution in [0, 0.1) is 0 Å². The number of amides is 3. The summed E-state index contributed by atoms with van der Waals surface area (Å²) in [6.45, 7) is 8.89. The fourth-order valence-corrected chi connectivity index (χ4v) is 5.20. The number of nitrogens with zero attached hydrogens (tertiary/aromatic N) is 5. The van der Waals surface area contributed by atoms with Gasteiger partial charge in [0.1, 0.15) is 5.82 Å². The monoisotopic (exact) mass is 524 g/mol. The van der Waals surface area contributed by atoms with Crippen LogP contribution in [0.15, 0.2) is 41.3 Å². The van der Waals surface area contributed by atoms with Crippen LogP contribution in [0.25, 0.3) is 5.69 Å². The number of anilines is 1. The molecule has 1 aliphatic heterocycles. The summed E-state index contributed by atoms with van der Waals surface area (Å²) < 4.78 is 1.45. The molecule has 11 heteroatoms. The van der Waals surface area contributed by atoms with Crippen molar-refractivity contribution >= 4 is 17.8 Å². The Bertz CT molecular complexity index is 1180. The molecule has 2 aliphatic rings. The third-order valence-corrected chi connectivity index (χ3v) is 7.41. The Balaban J connectivity index is 1.34. The molecule has 38 heavy (non-hydrogen) atoms. The van der Waals surface area contributed by atoms with Gasteiger partial charge in [-0.05, 0) is 63.4 Å². The zero-order valence-electron chi connectivity index (χ0n) is 22.6. The second-order valence-electron chi connectivity index (χ2n) is 10.9. The lowest BCUT2D eigenvalue weighted by Gasteiger charge is -2.37. The van der Waals surface area contributed by atoms with Gasteiger partial charge in [0.15, 0.2) is 0 Å². The molecule has 11 nitrogen and oxygen atoms in total. The third kappa shape index (κ3) is 6.58. The average molecular weight is 525 g/mol. The third-order valence-electron chi connectivity index (χ3n) is 7.41. The number of carbonyl (C=O) groups excluding carboxylic acids is 2. The van der Waals surface area contributed by atoms with E-state index in [2.05, 4.69) is 22.1 Å². The first-order valence-electron chi connectivity index (χ1n) is 13.4. The molecule has 1 saturated carbocycles. The van der Waals surface area contributed by atoms with E-state index in [4.69, 9.17) is 11.5 Å². The average Bonchev–Trinajstić information content (AvgIpc) is 3.33. The summed E-state index contributed by atoms with van der Waals surface area (Å²) in [5, 5.41) is 2.69. The van der Waals surface area contributed by atoms with E-state index in [1.165, 1.54) is 10.1 Å². The van der Waals surface area contributed by atoms with Crippen molar-refractivity contribution < 1.29 is 9.59 Å². The van der Waals surface area contributed by atoms with Gasteiger partial charge in [0.05, 0.1) is 11.2 Å². The van der Waals surface area contributed by atoms with Gasteiger partial charge in [0.25, 0.3) is 0 Å². The number of carbonyl (C=O) groups is 2. The van der Waals surface area contributed by atoms with E-state index in [9.17, 15) is 14.4 Å². The lowest BCUT2D eigenvalue weighted by molar-refractivity contribution is -0.137. The number of piperazine rings is 1. The maximum absolute atomic E-state index is 12.7. The minimum atomic E-state index is -0.946. The van der Waals surface area contributed by atoms with Crippen molar-refractivity contribution in [3.63, 3.8) is 0 Å². The number of urea groups is 1. The first-order chi connectivity index (χ1) is 18.0. The molecule has 3 amide bonds. The predicted molar refractivity (Wildman–Crippen MR) is 147 cm³/mol. The molecule has 1 aromatic carbocycles. The van der Waals surface area contributed by atoms with Gasteiger partial charge in [-0.2, -0.15) is 4.98 Å². The van der Waals surface area contributed by atoms with Crippen molar-refractivity contribution in [2.75, 3.05) is 38.0 Å². The van der Waals surface area contributed by atoms with Crippen molar-refractivity contribution in [2.24, 2.45) is 11.5 Å². The van der Waals surface area contributed by atoms with Crippen LogP contribution in [0.2, 0.25) is 0 Å². The van der Waals surface area contributed by atoms with Gasteiger partial charge >= 0.3 is 11.7 Å². The van der Waals surface area contributed by atoms with Crippen LogP contribution in [0.1, 0.15) is 45.6 Å². The first-order valence-corrected chi connectivity index (χ1v) is 13.4. The maximum atomic E-state index is 12.7. The van der Waals surface area contributed by atoms with E-state index in [-0.39, 0.29) is 17.8 Å². The molecule has 0 spiro atoms. The number of nitrogens with one attached hydrogen (secondary N) is 1. The van der Waals surface area contributed by atoms with Crippen LogP contribution >= 0.6 is 0 Å². The second kappa shape index (κ2) is 11.6. The van der Waals surface area contributed by atoms with Gasteiger partial charge in [-0.3, -0.25) is 19.6 Å². The zero-order valence-corrected chi connectivity index (χ0v) is 22.6. The number of hydrogen-bond donors (Lipinski definition) is 3. The molecule has 2 fully saturated rings. The molecule has 2 atom stereocenters. The van der Waals surface area contributed by atoms with E-state index in [1.807, 2.05) is 24.3 Å². The Morgan fingerprint density at radius 3 is 2.29 bits per heavy atom. The molecule has 206 valence electrons. The summed E-state index contributed by atoms with van der Waals surface area (Å²) in [7, 11) is 0. The summed E-state index contributed by atoms with van der Waals surface area (Å²) in [5.41, 5.74) is 12.5. The molecule has 2 aromatic rings. The Morgan fingerprint density at radius 1 is 1.08 bits per heavy atom. The highest BCUT2D eigenvalue weighted by molar-refractivity contribution is 5.89. The van der Waals surface area contributed by atoms with Crippen molar-refractivity contribution in [2.45, 2.75) is 64.2 Å². The van der Waals surface area contributed by atoms with Crippen molar-refractivity contribution in [3.05, 3.63) is 52.6 Å². The second-order valence-corrected chi connectivity index (χ2v) is 10.9. The van der Waals surface area contributed by atoms with Crippen LogP contribution in [0.4, 0.5) is 10.6 Å². The molecule has 1 aliphatic carbocycles. The normalized spacial score (nSPS) is 20.2. The van der Waals surface area contributed by atoms with E-state index in [1.54, 1.807) is 35.9 Å². The summed E-state index contributed by atoms with van der Waals surface area (Å²) in [6.07, 6.45) is 4.87. The highest BCUT2D eigenvalue weighted by atomic mass is 16.2. The van der Waals surface area contributed by atoms with Gasteiger partial charge < -0.3 is 21.3 Å². The first kappa shape index (κ1) is 27.7. The molecule has 0 radical (unpaired) electrons. The maximum Gasteiger partial charge on any atom is 0.354 e. The van der Waals surface area contributed by atoms with Gasteiger partial charge in [-0.1, -0.05) is 19.1 Å². The van der Waals surface area contributed by atoms with Crippen molar-refractivity contribution in [1.29, 1.82) is 0 Å². The predicted octanol–water partition coefficient (Wildman–Crippen LogP) is 1.35. The quantitative estimate of drug-likeness (QED) is 0.496. The van der Waals surface area contributed by atoms with Crippen LogP contribution < -0.4 is 22.5 Å². The van der Waals surface area contributed by atoms with Crippen LogP contribution in [0.3, 0.4) is 0 Å². The Morgan fingerprint density at radius 2 is 1.74 bits per heavy atom. The van der Waals surface area contributed by atoms with Gasteiger partial charge in [0.2, 0.25) is 5.91 Å². The molecule has 1 saturated heterocycles. The molecule has 0 bridgehead atoms. The summed E-state index contributed by atoms with van der Waals surface area (Å²) >= 11 is 0. The number of aromatic nitrogens is 2. The molecular formula is C27H40N8O3. The van der Waals surface area contributed by atoms with Gasteiger partial charge in [0, 0.05) is 51.0 Å².